The molecule has 0 amide bonds. The summed E-state index contributed by atoms with van der Waals surface area (Å²) in [7, 11) is 0. The largest absolute Gasteiger partial charge is 0.175 e. The monoisotopic (exact) mass is 485 g/mol. The lowest BCUT2D eigenvalue weighted by atomic mass is 9.30. The van der Waals surface area contributed by atoms with Crippen molar-refractivity contribution in [3.05, 3.63) is 6.92 Å². The smallest absolute Gasteiger partial charge is 0.00736 e. The molecule has 0 saturated heterocycles. The van der Waals surface area contributed by atoms with Gasteiger partial charge in [0.1, 0.15) is 0 Å². The quantitative estimate of drug-likeness (QED) is 0.370. The van der Waals surface area contributed by atoms with Crippen LogP contribution in [-0.4, -0.2) is 5.25 Å². The second-order valence-corrected chi connectivity index (χ2v) is 16.6. The molecule has 0 spiro atoms. The second kappa shape index (κ2) is 8.17. The van der Waals surface area contributed by atoms with Crippen molar-refractivity contribution in [1.82, 2.24) is 0 Å². The van der Waals surface area contributed by atoms with Gasteiger partial charge in [-0.1, -0.05) is 68.7 Å². The molecule has 12 atom stereocenters. The highest BCUT2D eigenvalue weighted by atomic mass is 32.1. The maximum atomic E-state index is 5.24. The molecule has 0 heterocycles. The Morgan fingerprint density at radius 1 is 0.794 bits per heavy atom. The summed E-state index contributed by atoms with van der Waals surface area (Å²) < 4.78 is 0. The average molecular weight is 486 g/mol. The Hall–Kier alpha value is 0.350. The van der Waals surface area contributed by atoms with Gasteiger partial charge in [0.15, 0.2) is 0 Å². The minimum Gasteiger partial charge on any atom is -0.175 e. The first-order valence-corrected chi connectivity index (χ1v) is 15.8. The van der Waals surface area contributed by atoms with Gasteiger partial charge in [-0.2, -0.15) is 12.6 Å². The molecule has 0 aromatic heterocycles. The number of fused-ring (bicyclic) bond motifs is 7. The Labute approximate surface area is 219 Å². The predicted molar refractivity (Wildman–Crippen MR) is 151 cm³/mol. The molecular weight excluding hydrogens is 428 g/mol. The van der Waals surface area contributed by atoms with Crippen LogP contribution in [-0.2, 0) is 0 Å². The van der Waals surface area contributed by atoms with Crippen molar-refractivity contribution in [2.24, 2.45) is 68.5 Å². The highest BCUT2D eigenvalue weighted by molar-refractivity contribution is 7.81. The Morgan fingerprint density at radius 3 is 2.18 bits per heavy atom. The highest BCUT2D eigenvalue weighted by Gasteiger charge is 2.71. The molecule has 0 nitrogen and oxygen atoms in total. The molecule has 5 rings (SSSR count). The molecular formula is C33H57S. The van der Waals surface area contributed by atoms with Crippen LogP contribution in [0, 0.1) is 75.4 Å². The number of rotatable bonds is 2. The van der Waals surface area contributed by atoms with E-state index in [-0.39, 0.29) is 0 Å². The molecule has 0 aromatic rings. The van der Waals surface area contributed by atoms with Crippen LogP contribution in [0.25, 0.3) is 0 Å². The van der Waals surface area contributed by atoms with Crippen molar-refractivity contribution < 1.29 is 0 Å². The summed E-state index contributed by atoms with van der Waals surface area (Å²) in [6.07, 6.45) is 15.5. The molecule has 5 saturated carbocycles. The van der Waals surface area contributed by atoms with Crippen molar-refractivity contribution in [2.45, 2.75) is 131 Å². The fraction of sp³-hybridized carbons (Fsp3) is 0.970. The van der Waals surface area contributed by atoms with Gasteiger partial charge in [-0.3, -0.25) is 0 Å². The summed E-state index contributed by atoms with van der Waals surface area (Å²) in [6, 6.07) is 0. The molecule has 1 radical (unpaired) electrons. The van der Waals surface area contributed by atoms with E-state index >= 15 is 0 Å². The van der Waals surface area contributed by atoms with Gasteiger partial charge in [-0.15, -0.1) is 0 Å². The molecule has 5 aliphatic carbocycles. The zero-order chi connectivity index (χ0) is 24.9. The third-order valence-electron chi connectivity index (χ3n) is 14.9. The fourth-order valence-electron chi connectivity index (χ4n) is 12.4. The molecule has 5 aliphatic rings. The topological polar surface area (TPSA) is 0 Å². The van der Waals surface area contributed by atoms with Crippen LogP contribution in [0.15, 0.2) is 0 Å². The molecule has 0 aromatic carbocycles. The van der Waals surface area contributed by atoms with Crippen molar-refractivity contribution in [2.75, 3.05) is 0 Å². The summed E-state index contributed by atoms with van der Waals surface area (Å²) in [5.41, 5.74) is 2.39. The zero-order valence-electron chi connectivity index (χ0n) is 24.1. The van der Waals surface area contributed by atoms with E-state index in [4.69, 9.17) is 12.6 Å². The normalized spacial score (nSPS) is 58.8. The Balaban J connectivity index is 1.57. The summed E-state index contributed by atoms with van der Waals surface area (Å²) >= 11 is 5.24. The Morgan fingerprint density at radius 2 is 1.50 bits per heavy atom. The van der Waals surface area contributed by atoms with E-state index in [1.807, 2.05) is 0 Å². The summed E-state index contributed by atoms with van der Waals surface area (Å²) in [4.78, 5) is 0. The number of thiol groups is 1. The van der Waals surface area contributed by atoms with Crippen molar-refractivity contribution >= 4 is 12.6 Å². The summed E-state index contributed by atoms with van der Waals surface area (Å²) in [5.74, 6) is 6.17. The third-order valence-corrected chi connectivity index (χ3v) is 15.8. The van der Waals surface area contributed by atoms with Crippen LogP contribution in [0.2, 0.25) is 0 Å². The lowest BCUT2D eigenvalue weighted by Gasteiger charge is -2.75. The first kappa shape index (κ1) is 26.0. The van der Waals surface area contributed by atoms with E-state index in [2.05, 4.69) is 62.3 Å². The first-order chi connectivity index (χ1) is 15.8. The van der Waals surface area contributed by atoms with Crippen molar-refractivity contribution in [3.63, 3.8) is 0 Å². The van der Waals surface area contributed by atoms with Gasteiger partial charge < -0.3 is 0 Å². The van der Waals surface area contributed by atoms with E-state index in [1.54, 1.807) is 0 Å². The number of hydrogen-bond donors (Lipinski definition) is 1. The van der Waals surface area contributed by atoms with Gasteiger partial charge in [0, 0.05) is 5.25 Å². The Bertz CT molecular complexity index is 785. The van der Waals surface area contributed by atoms with E-state index in [0.717, 1.165) is 47.8 Å². The Kier molecular flexibility index (Phi) is 6.24. The SMILES string of the molecule is [CH2]CCC1CC(S)C(C)(C)[C@@H]2CC[C@]3(C)[C@H](CC[C@@H]4[C@@H]5[C@@H](C)[C@H](C)CC[C@]5(C)CC[C@]43C)[C@@]12C. The third kappa shape index (κ3) is 3.16. The average Bonchev–Trinajstić information content (AvgIpc) is 2.76. The van der Waals surface area contributed by atoms with Gasteiger partial charge in [-0.25, -0.2) is 0 Å². The minimum atomic E-state index is 0.340. The molecule has 5 fully saturated rings. The minimum absolute atomic E-state index is 0.340. The van der Waals surface area contributed by atoms with E-state index < -0.39 is 0 Å². The lowest BCUT2D eigenvalue weighted by molar-refractivity contribution is -0.258. The molecule has 0 aliphatic heterocycles. The van der Waals surface area contributed by atoms with Gasteiger partial charge in [-0.05, 0) is 133 Å². The van der Waals surface area contributed by atoms with E-state index in [9.17, 15) is 0 Å². The molecule has 34 heavy (non-hydrogen) atoms. The van der Waals surface area contributed by atoms with Gasteiger partial charge >= 0.3 is 0 Å². The maximum Gasteiger partial charge on any atom is 0.00736 e. The maximum absolute atomic E-state index is 5.24. The summed E-state index contributed by atoms with van der Waals surface area (Å²) in [5, 5.41) is 0.540. The van der Waals surface area contributed by atoms with E-state index in [0.29, 0.717) is 32.3 Å². The van der Waals surface area contributed by atoms with Crippen molar-refractivity contribution in [1.29, 1.82) is 0 Å². The van der Waals surface area contributed by atoms with Crippen LogP contribution >= 0.6 is 12.6 Å². The summed E-state index contributed by atoms with van der Waals surface area (Å²) in [6.45, 7) is 25.8. The van der Waals surface area contributed by atoms with E-state index in [1.165, 1.54) is 64.2 Å². The zero-order valence-corrected chi connectivity index (χ0v) is 24.9. The standard InChI is InChI=1S/C33H57S/c1-10-11-23-20-27(34)29(4,5)25-15-17-32(8)26(33(23,25)9)13-12-24-28-22(3)21(2)14-16-30(28,6)18-19-31(24,32)7/h21-28,34H,1,10-20H2,2-9H3/t21-,22+,23?,24-,25+,26+,27?,28+,30-,31-,32-,33+/m1/s1. The molecule has 0 N–H and O–H groups in total. The van der Waals surface area contributed by atoms with Gasteiger partial charge in [0.25, 0.3) is 0 Å². The molecule has 2 unspecified atom stereocenters. The number of hydrogen-bond acceptors (Lipinski definition) is 1. The van der Waals surface area contributed by atoms with Crippen molar-refractivity contribution in [3.8, 4) is 0 Å². The first-order valence-electron chi connectivity index (χ1n) is 15.2. The molecule has 195 valence electrons. The molecule has 1 heteroatoms. The van der Waals surface area contributed by atoms with Gasteiger partial charge in [0.05, 0.1) is 0 Å². The van der Waals surface area contributed by atoms with Crippen LogP contribution in [0.5, 0.6) is 0 Å². The van der Waals surface area contributed by atoms with Crippen LogP contribution < -0.4 is 0 Å². The molecule has 0 bridgehead atoms. The fourth-order valence-corrected chi connectivity index (χ4v) is 12.9. The van der Waals surface area contributed by atoms with Gasteiger partial charge in [0.2, 0.25) is 0 Å². The lowest BCUT2D eigenvalue weighted by Crippen LogP contribution is -2.68. The second-order valence-electron chi connectivity index (χ2n) is 16.0. The van der Waals surface area contributed by atoms with Crippen LogP contribution in [0.4, 0.5) is 0 Å². The van der Waals surface area contributed by atoms with Crippen LogP contribution in [0.3, 0.4) is 0 Å². The predicted octanol–water partition coefficient (Wildman–Crippen LogP) is 9.88. The van der Waals surface area contributed by atoms with Crippen LogP contribution in [0.1, 0.15) is 126 Å². The highest BCUT2D eigenvalue weighted by Crippen LogP contribution is 2.78.